The Balaban J connectivity index is 0.000000202. The van der Waals surface area contributed by atoms with E-state index in [1.54, 1.807) is 0 Å². The summed E-state index contributed by atoms with van der Waals surface area (Å²) in [6, 6.07) is 59.6. The summed E-state index contributed by atoms with van der Waals surface area (Å²) in [5.74, 6) is 0. The van der Waals surface area contributed by atoms with E-state index in [-0.39, 0.29) is 10.8 Å². The van der Waals surface area contributed by atoms with E-state index in [0.717, 1.165) is 12.1 Å². The van der Waals surface area contributed by atoms with Gasteiger partial charge in [-0.3, -0.25) is 0 Å². The molecular weight excluding hydrogens is 841 g/mol. The molecular formula is C64H84OSi2. The monoisotopic (exact) mass is 925 g/mol. The van der Waals surface area contributed by atoms with Gasteiger partial charge in [-0.15, -0.1) is 0 Å². The van der Waals surface area contributed by atoms with Gasteiger partial charge in [-0.25, -0.2) is 0 Å². The molecule has 0 aromatic heterocycles. The maximum absolute atomic E-state index is 6.77. The molecule has 354 valence electrons. The van der Waals surface area contributed by atoms with E-state index in [2.05, 4.69) is 281 Å². The van der Waals surface area contributed by atoms with Crippen LogP contribution in [-0.2, 0) is 27.0 Å². The Labute approximate surface area is 411 Å². The molecule has 0 saturated carbocycles. The number of hydrogen-bond acceptors (Lipinski definition) is 1. The van der Waals surface area contributed by atoms with Crippen molar-refractivity contribution in [2.24, 2.45) is 0 Å². The lowest BCUT2D eigenvalue weighted by Crippen LogP contribution is -2.47. The van der Waals surface area contributed by atoms with Crippen molar-refractivity contribution in [1.82, 2.24) is 0 Å². The van der Waals surface area contributed by atoms with Gasteiger partial charge in [0, 0.05) is 5.41 Å². The van der Waals surface area contributed by atoms with E-state index in [4.69, 9.17) is 4.12 Å². The molecule has 0 heterocycles. The summed E-state index contributed by atoms with van der Waals surface area (Å²) in [6.07, 6.45) is 0. The molecule has 0 fully saturated rings. The van der Waals surface area contributed by atoms with Gasteiger partial charge in [-0.05, 0) is 167 Å². The standard InChI is InChI=1S/C20H30OSi2.C19H24.C14H14.C11H16/c1-17-7-11-19(12-8-17)15-22(3,4)21-23(5,6)16-20-13-9-18(2)10-14-20;1-13-7-9-17(11-15(13)3)19(5,6)18-10-8-14(2)16(4)12-18;1-11-3-7-13(8-4-11)14-9-5-12(2)6-10-14;1-9-5-7-10(8-6-9)11(2,3)4/h7-14H,15-16H2,1-6H3;7-12H,1-6H3;3-10H,1-2H3;5-8H,1-4H3. The molecule has 7 aromatic rings. The first-order valence-electron chi connectivity index (χ1n) is 24.4. The van der Waals surface area contributed by atoms with Gasteiger partial charge in [-0.1, -0.05) is 220 Å². The average Bonchev–Trinajstić information content (AvgIpc) is 3.25. The number of hydrogen-bond donors (Lipinski definition) is 0. The predicted octanol–water partition coefficient (Wildman–Crippen LogP) is 18.1. The maximum atomic E-state index is 6.77. The van der Waals surface area contributed by atoms with Gasteiger partial charge in [0.15, 0.2) is 16.6 Å². The minimum Gasteiger partial charge on any atom is -0.455 e. The van der Waals surface area contributed by atoms with Gasteiger partial charge in [-0.2, -0.15) is 0 Å². The smallest absolute Gasteiger partial charge is 0.177 e. The van der Waals surface area contributed by atoms with Crippen LogP contribution in [0.25, 0.3) is 11.1 Å². The van der Waals surface area contributed by atoms with Crippen molar-refractivity contribution in [2.75, 3.05) is 0 Å². The largest absolute Gasteiger partial charge is 0.455 e. The molecule has 0 aliphatic heterocycles. The average molecular weight is 926 g/mol. The highest BCUT2D eigenvalue weighted by Gasteiger charge is 2.33. The Hall–Kier alpha value is -5.07. The van der Waals surface area contributed by atoms with Crippen LogP contribution in [0.3, 0.4) is 0 Å². The Kier molecular flexibility index (Phi) is 19.4. The number of benzene rings is 7. The molecule has 0 spiro atoms. The molecule has 67 heavy (non-hydrogen) atoms. The highest BCUT2D eigenvalue weighted by molar-refractivity contribution is 6.84. The van der Waals surface area contributed by atoms with Crippen LogP contribution in [0.4, 0.5) is 0 Å². The molecule has 7 rings (SSSR count). The fourth-order valence-electron chi connectivity index (χ4n) is 8.19. The van der Waals surface area contributed by atoms with Gasteiger partial charge in [0.25, 0.3) is 0 Å². The summed E-state index contributed by atoms with van der Waals surface area (Å²) in [4.78, 5) is 0. The fraction of sp³-hybridized carbons (Fsp3) is 0.344. The van der Waals surface area contributed by atoms with Crippen LogP contribution in [0, 0.1) is 62.3 Å². The molecule has 0 atom stereocenters. The second kappa shape index (κ2) is 23.8. The first-order chi connectivity index (χ1) is 31.2. The number of aryl methyl sites for hydroxylation is 9. The molecule has 0 aliphatic rings. The first kappa shape index (κ1) is 54.5. The van der Waals surface area contributed by atoms with E-state index < -0.39 is 16.6 Å². The lowest BCUT2D eigenvalue weighted by atomic mass is 9.76. The lowest BCUT2D eigenvalue weighted by molar-refractivity contribution is 0.537. The molecule has 0 unspecified atom stereocenters. The molecule has 3 heteroatoms. The fourth-order valence-corrected chi connectivity index (χ4v) is 17.2. The summed E-state index contributed by atoms with van der Waals surface area (Å²) in [5, 5.41) is 0. The molecule has 0 bridgehead atoms. The quantitative estimate of drug-likeness (QED) is 0.131. The molecule has 0 saturated heterocycles. The normalized spacial score (nSPS) is 11.6. The molecule has 1 nitrogen and oxygen atoms in total. The third kappa shape index (κ3) is 17.8. The Morgan fingerprint density at radius 2 is 0.597 bits per heavy atom. The summed E-state index contributed by atoms with van der Waals surface area (Å²) < 4.78 is 6.77. The van der Waals surface area contributed by atoms with Gasteiger partial charge in [0.05, 0.1) is 0 Å². The van der Waals surface area contributed by atoms with E-state index in [0.29, 0.717) is 0 Å². The third-order valence-electron chi connectivity index (χ3n) is 12.9. The second-order valence-corrected chi connectivity index (χ2v) is 30.6. The molecule has 0 amide bonds. The lowest BCUT2D eigenvalue weighted by Gasteiger charge is -2.34. The van der Waals surface area contributed by atoms with Crippen molar-refractivity contribution in [1.29, 1.82) is 0 Å². The van der Waals surface area contributed by atoms with Crippen molar-refractivity contribution >= 4 is 16.6 Å². The molecule has 7 aromatic carbocycles. The van der Waals surface area contributed by atoms with Gasteiger partial charge < -0.3 is 4.12 Å². The van der Waals surface area contributed by atoms with E-state index in [1.807, 2.05) is 0 Å². The van der Waals surface area contributed by atoms with Gasteiger partial charge >= 0.3 is 0 Å². The predicted molar refractivity (Wildman–Crippen MR) is 301 cm³/mol. The molecule has 0 N–H and O–H groups in total. The van der Waals surface area contributed by atoms with Crippen molar-refractivity contribution in [3.63, 3.8) is 0 Å². The second-order valence-electron chi connectivity index (χ2n) is 22.0. The minimum absolute atomic E-state index is 0.0525. The van der Waals surface area contributed by atoms with Crippen molar-refractivity contribution in [3.8, 4) is 11.1 Å². The van der Waals surface area contributed by atoms with E-state index >= 15 is 0 Å². The van der Waals surface area contributed by atoms with E-state index in [9.17, 15) is 0 Å². The van der Waals surface area contributed by atoms with Crippen LogP contribution in [0.15, 0.2) is 158 Å². The highest BCUT2D eigenvalue weighted by Crippen LogP contribution is 2.33. The summed E-state index contributed by atoms with van der Waals surface area (Å²) in [7, 11) is -3.40. The molecule has 0 radical (unpaired) electrons. The van der Waals surface area contributed by atoms with Crippen molar-refractivity contribution in [2.45, 2.75) is 146 Å². The Morgan fingerprint density at radius 3 is 0.881 bits per heavy atom. The van der Waals surface area contributed by atoms with Crippen LogP contribution in [0.2, 0.25) is 26.2 Å². The van der Waals surface area contributed by atoms with Crippen LogP contribution in [0.1, 0.15) is 113 Å². The zero-order valence-electron chi connectivity index (χ0n) is 44.8. The van der Waals surface area contributed by atoms with Crippen LogP contribution in [0.5, 0.6) is 0 Å². The Bertz CT molecular complexity index is 2430. The molecule has 0 aliphatic carbocycles. The summed E-state index contributed by atoms with van der Waals surface area (Å²) >= 11 is 0. The number of rotatable bonds is 9. The Morgan fingerprint density at radius 1 is 0.328 bits per heavy atom. The van der Waals surface area contributed by atoms with Crippen molar-refractivity contribution < 1.29 is 4.12 Å². The van der Waals surface area contributed by atoms with Crippen LogP contribution < -0.4 is 0 Å². The third-order valence-corrected chi connectivity index (χ3v) is 19.8. The highest BCUT2D eigenvalue weighted by atomic mass is 28.4. The maximum Gasteiger partial charge on any atom is 0.177 e. The SMILES string of the molecule is Cc1ccc(-c2ccc(C)cc2)cc1.Cc1ccc(C(C)(C)C)cc1.Cc1ccc(C(C)(C)c2ccc(C)c(C)c2)cc1C.Cc1ccc(C[Si](C)(C)O[Si](C)(C)Cc2ccc(C)cc2)cc1. The van der Waals surface area contributed by atoms with Crippen LogP contribution >= 0.6 is 0 Å². The topological polar surface area (TPSA) is 9.23 Å². The van der Waals surface area contributed by atoms with Gasteiger partial charge in [0.1, 0.15) is 0 Å². The first-order valence-corrected chi connectivity index (χ1v) is 30.6. The minimum atomic E-state index is -1.70. The van der Waals surface area contributed by atoms with Crippen LogP contribution in [-0.4, -0.2) is 16.6 Å². The summed E-state index contributed by atoms with van der Waals surface area (Å²) in [5.41, 5.74) is 22.0. The van der Waals surface area contributed by atoms with E-state index in [1.165, 1.54) is 89.0 Å². The van der Waals surface area contributed by atoms with Gasteiger partial charge in [0.2, 0.25) is 0 Å². The summed E-state index contributed by atoms with van der Waals surface area (Å²) in [6.45, 7) is 40.1. The zero-order chi connectivity index (χ0) is 49.7. The van der Waals surface area contributed by atoms with Crippen molar-refractivity contribution in [3.05, 3.63) is 236 Å². The zero-order valence-corrected chi connectivity index (χ0v) is 46.8.